The average Bonchev–Trinajstić information content (AvgIpc) is 3.52. The lowest BCUT2D eigenvalue weighted by Gasteiger charge is -2.54. The van der Waals surface area contributed by atoms with E-state index in [0.717, 1.165) is 71.3 Å². The second kappa shape index (κ2) is 9.63. The highest BCUT2D eigenvalue weighted by atomic mass is 19.1. The fourth-order valence-electron chi connectivity index (χ4n) is 8.12. The van der Waals surface area contributed by atoms with Gasteiger partial charge in [-0.3, -0.25) is 14.6 Å². The van der Waals surface area contributed by atoms with Crippen molar-refractivity contribution in [3.8, 4) is 0 Å². The van der Waals surface area contributed by atoms with Gasteiger partial charge in [-0.1, -0.05) is 25.3 Å². The molecule has 2 amide bonds. The van der Waals surface area contributed by atoms with Crippen molar-refractivity contribution < 1.29 is 18.4 Å². The first-order valence-electron chi connectivity index (χ1n) is 15.4. The number of halogens is 2. The molecule has 2 aromatic carbocycles. The van der Waals surface area contributed by atoms with Gasteiger partial charge in [-0.15, -0.1) is 0 Å². The lowest BCUT2D eigenvalue weighted by atomic mass is 9.75. The Morgan fingerprint density at radius 3 is 2.45 bits per heavy atom. The van der Waals surface area contributed by atoms with Gasteiger partial charge in [0.15, 0.2) is 0 Å². The lowest BCUT2D eigenvalue weighted by Crippen LogP contribution is -2.71. The van der Waals surface area contributed by atoms with Gasteiger partial charge >= 0.3 is 0 Å². The van der Waals surface area contributed by atoms with Gasteiger partial charge in [0.2, 0.25) is 11.8 Å². The molecular formula is C35H33F2N5O2. The Balaban J connectivity index is 1.16. The van der Waals surface area contributed by atoms with Crippen molar-refractivity contribution in [1.29, 1.82) is 0 Å². The van der Waals surface area contributed by atoms with Crippen molar-refractivity contribution in [2.75, 3.05) is 11.9 Å². The molecule has 8 rings (SSSR count). The highest BCUT2D eigenvalue weighted by molar-refractivity contribution is 6.06. The van der Waals surface area contributed by atoms with E-state index in [2.05, 4.69) is 27.8 Å². The summed E-state index contributed by atoms with van der Waals surface area (Å²) in [6.07, 6.45) is 9.14. The van der Waals surface area contributed by atoms with Gasteiger partial charge in [-0.2, -0.15) is 0 Å². The number of carbonyl (C=O) groups is 2. The van der Waals surface area contributed by atoms with Gasteiger partial charge in [-0.25, -0.2) is 13.8 Å². The van der Waals surface area contributed by atoms with E-state index in [1.54, 1.807) is 17.3 Å². The Bertz CT molecular complexity index is 1850. The van der Waals surface area contributed by atoms with Gasteiger partial charge < -0.3 is 15.5 Å². The Morgan fingerprint density at radius 2 is 1.68 bits per heavy atom. The molecule has 2 aliphatic heterocycles. The maximum Gasteiger partial charge on any atom is 0.243 e. The van der Waals surface area contributed by atoms with Crippen molar-refractivity contribution in [3.63, 3.8) is 0 Å². The molecule has 4 aromatic rings. The first-order chi connectivity index (χ1) is 21.2. The maximum atomic E-state index is 14.4. The number of nitrogens with one attached hydrogen (secondary N) is 2. The zero-order valence-electron chi connectivity index (χ0n) is 24.6. The van der Waals surface area contributed by atoms with E-state index in [1.807, 2.05) is 25.1 Å². The van der Waals surface area contributed by atoms with E-state index >= 15 is 0 Å². The second-order valence-corrected chi connectivity index (χ2v) is 13.3. The molecule has 7 nitrogen and oxygen atoms in total. The number of nitrogens with zero attached hydrogens (tertiary/aromatic N) is 3. The number of carbonyl (C=O) groups excluding carboxylic acids is 2. The number of anilines is 1. The molecule has 9 heteroatoms. The summed E-state index contributed by atoms with van der Waals surface area (Å²) in [4.78, 5) is 38.6. The number of benzene rings is 2. The third kappa shape index (κ3) is 4.01. The van der Waals surface area contributed by atoms with Gasteiger partial charge in [0, 0.05) is 42.5 Å². The van der Waals surface area contributed by atoms with Crippen LogP contribution >= 0.6 is 0 Å². The largest absolute Gasteiger partial charge is 0.326 e. The van der Waals surface area contributed by atoms with E-state index in [0.29, 0.717) is 30.8 Å². The number of amides is 2. The Kier molecular flexibility index (Phi) is 5.98. The van der Waals surface area contributed by atoms with Crippen molar-refractivity contribution >= 4 is 28.5 Å². The topological polar surface area (TPSA) is 87.2 Å². The summed E-state index contributed by atoms with van der Waals surface area (Å²) in [6, 6.07) is 13.6. The van der Waals surface area contributed by atoms with E-state index in [4.69, 9.17) is 4.98 Å². The zero-order chi connectivity index (χ0) is 30.3. The number of pyridine rings is 2. The van der Waals surface area contributed by atoms with Crippen LogP contribution in [-0.2, 0) is 39.9 Å². The predicted octanol–water partition coefficient (Wildman–Crippen LogP) is 5.45. The number of hydrogen-bond acceptors (Lipinski definition) is 5. The molecule has 2 atom stereocenters. The highest BCUT2D eigenvalue weighted by Crippen LogP contribution is 2.47. The minimum Gasteiger partial charge on any atom is -0.326 e. The van der Waals surface area contributed by atoms with Crippen molar-refractivity contribution in [2.45, 2.75) is 74.9 Å². The minimum atomic E-state index is -0.973. The van der Waals surface area contributed by atoms with Crippen LogP contribution in [0.4, 0.5) is 14.6 Å². The smallest absolute Gasteiger partial charge is 0.243 e. The van der Waals surface area contributed by atoms with Gasteiger partial charge in [0.25, 0.3) is 0 Å². The van der Waals surface area contributed by atoms with E-state index in [1.165, 1.54) is 12.1 Å². The summed E-state index contributed by atoms with van der Waals surface area (Å²) in [6.45, 7) is 2.51. The fourth-order valence-corrected chi connectivity index (χ4v) is 8.12. The third-order valence-corrected chi connectivity index (χ3v) is 10.6. The van der Waals surface area contributed by atoms with Gasteiger partial charge in [-0.05, 0) is 91.3 Å². The number of rotatable bonds is 3. The monoisotopic (exact) mass is 593 g/mol. The standard InChI is InChI=1S/C35H33F2N5O2/c1-33(25-13-26(36)15-27(37)14-25)20-40-35(7-3-2-4-8-35)32(44)42(33)19-21-10-22-11-23-16-34(17-24(23)12-29(22)39-18-21)28-6-5-9-38-30(28)41-31(34)43/h5-6,9-15,18,40H,2-4,7-8,16-17,19-20H2,1H3,(H,38,41,43)/t33?,34-/m0/s1. The molecule has 4 aliphatic rings. The summed E-state index contributed by atoms with van der Waals surface area (Å²) < 4.78 is 28.9. The number of aromatic nitrogens is 2. The molecule has 1 saturated heterocycles. The summed E-state index contributed by atoms with van der Waals surface area (Å²) in [7, 11) is 0. The van der Waals surface area contributed by atoms with Crippen molar-refractivity contribution in [2.24, 2.45) is 0 Å². The Morgan fingerprint density at radius 1 is 0.932 bits per heavy atom. The van der Waals surface area contributed by atoms with Crippen LogP contribution in [0.2, 0.25) is 0 Å². The average molecular weight is 594 g/mol. The maximum absolute atomic E-state index is 14.4. The van der Waals surface area contributed by atoms with Crippen LogP contribution in [0, 0.1) is 11.6 Å². The molecule has 224 valence electrons. The molecule has 1 unspecified atom stereocenters. The summed E-state index contributed by atoms with van der Waals surface area (Å²) >= 11 is 0. The molecule has 2 aliphatic carbocycles. The third-order valence-electron chi connectivity index (χ3n) is 10.6. The van der Waals surface area contributed by atoms with Crippen LogP contribution in [0.3, 0.4) is 0 Å². The minimum absolute atomic E-state index is 0.0259. The molecule has 44 heavy (non-hydrogen) atoms. The summed E-state index contributed by atoms with van der Waals surface area (Å²) in [5.41, 5.74) is 2.89. The fraction of sp³-hybridized carbons (Fsp3) is 0.371. The first-order valence-corrected chi connectivity index (χ1v) is 15.4. The zero-order valence-corrected chi connectivity index (χ0v) is 24.6. The molecular weight excluding hydrogens is 560 g/mol. The molecule has 1 saturated carbocycles. The first kappa shape index (κ1) is 27.3. The molecule has 0 radical (unpaired) electrons. The van der Waals surface area contributed by atoms with Crippen LogP contribution in [-0.4, -0.2) is 38.8 Å². The lowest BCUT2D eigenvalue weighted by molar-refractivity contribution is -0.154. The van der Waals surface area contributed by atoms with Crippen molar-refractivity contribution in [1.82, 2.24) is 20.2 Å². The Hall–Kier alpha value is -4.24. The van der Waals surface area contributed by atoms with Gasteiger partial charge in [0.05, 0.1) is 22.0 Å². The van der Waals surface area contributed by atoms with Crippen LogP contribution in [0.5, 0.6) is 0 Å². The highest BCUT2D eigenvalue weighted by Gasteiger charge is 2.53. The number of piperazine rings is 1. The van der Waals surface area contributed by atoms with E-state index in [-0.39, 0.29) is 18.4 Å². The van der Waals surface area contributed by atoms with Gasteiger partial charge in [0.1, 0.15) is 17.5 Å². The molecule has 2 N–H and O–H groups in total. The molecule has 2 aromatic heterocycles. The summed E-state index contributed by atoms with van der Waals surface area (Å²) in [5, 5.41) is 7.42. The second-order valence-electron chi connectivity index (χ2n) is 13.3. The summed E-state index contributed by atoms with van der Waals surface area (Å²) in [5.74, 6) is -0.763. The number of fused-ring (bicyclic) bond motifs is 4. The van der Waals surface area contributed by atoms with Crippen LogP contribution in [0.15, 0.2) is 60.9 Å². The quantitative estimate of drug-likeness (QED) is 0.330. The Labute approximate surface area is 254 Å². The molecule has 0 bridgehead atoms. The molecule has 2 spiro atoms. The van der Waals surface area contributed by atoms with Crippen LogP contribution < -0.4 is 10.6 Å². The normalized spacial score (nSPS) is 25.5. The number of hydrogen-bond donors (Lipinski definition) is 2. The van der Waals surface area contributed by atoms with E-state index in [9.17, 15) is 18.4 Å². The molecule has 2 fully saturated rings. The van der Waals surface area contributed by atoms with E-state index < -0.39 is 28.1 Å². The molecule has 4 heterocycles. The predicted molar refractivity (Wildman–Crippen MR) is 162 cm³/mol. The SMILES string of the molecule is CC1(c2cc(F)cc(F)c2)CNC2(CCCCC2)C(=O)N1Cc1cnc2cc3c(cc2c1)C[C@@]1(C3)C(=O)Nc2ncccc21. The van der Waals surface area contributed by atoms with Crippen molar-refractivity contribution in [3.05, 3.63) is 100 Å². The van der Waals surface area contributed by atoms with Crippen LogP contribution in [0.25, 0.3) is 10.9 Å². The van der Waals surface area contributed by atoms with Crippen LogP contribution in [0.1, 0.15) is 66.8 Å².